The van der Waals surface area contributed by atoms with E-state index in [0.29, 0.717) is 24.1 Å². The van der Waals surface area contributed by atoms with Gasteiger partial charge in [-0.05, 0) is 37.8 Å². The van der Waals surface area contributed by atoms with Gasteiger partial charge in [-0.15, -0.1) is 0 Å². The van der Waals surface area contributed by atoms with E-state index in [2.05, 4.69) is 9.97 Å². The largest absolute Gasteiger partial charge is 0.478 e. The van der Waals surface area contributed by atoms with Crippen LogP contribution in [0.25, 0.3) is 11.3 Å². The van der Waals surface area contributed by atoms with Gasteiger partial charge >= 0.3 is 5.97 Å². The minimum atomic E-state index is -1.33. The van der Waals surface area contributed by atoms with Crippen LogP contribution in [0.5, 0.6) is 0 Å². The first-order valence-corrected chi connectivity index (χ1v) is 7.79. The standard InChI is InChI=1S/C17H18FN3O3/c18-13-7-10(3-6-12(13)17(23)24)15-16(19)20-8-14(21-15)9-1-4-11(22)5-2-9/h3,6-9,11,22H,1-2,4-5H2,(H2,19,20)(H,23,24)/t9-,11+. The van der Waals surface area contributed by atoms with Gasteiger partial charge in [0, 0.05) is 11.5 Å². The molecule has 0 spiro atoms. The van der Waals surface area contributed by atoms with Crippen LogP contribution in [0, 0.1) is 5.82 Å². The normalized spacial score (nSPS) is 20.8. The van der Waals surface area contributed by atoms with Gasteiger partial charge < -0.3 is 15.9 Å². The molecule has 1 aliphatic carbocycles. The third-order valence-electron chi connectivity index (χ3n) is 4.41. The fourth-order valence-electron chi connectivity index (χ4n) is 3.03. The number of carbonyl (C=O) groups is 1. The molecule has 0 atom stereocenters. The van der Waals surface area contributed by atoms with E-state index in [1.807, 2.05) is 0 Å². The highest BCUT2D eigenvalue weighted by Gasteiger charge is 2.23. The lowest BCUT2D eigenvalue weighted by Crippen LogP contribution is -2.18. The van der Waals surface area contributed by atoms with E-state index < -0.39 is 17.3 Å². The van der Waals surface area contributed by atoms with Crippen molar-refractivity contribution in [1.82, 2.24) is 9.97 Å². The number of aromatic nitrogens is 2. The number of aromatic carboxylic acids is 1. The summed E-state index contributed by atoms with van der Waals surface area (Å²) in [5.74, 6) is -1.82. The minimum absolute atomic E-state index is 0.164. The van der Waals surface area contributed by atoms with Crippen molar-refractivity contribution < 1.29 is 19.4 Å². The number of carboxylic acid groups (broad SMARTS) is 1. The third-order valence-corrected chi connectivity index (χ3v) is 4.41. The maximum absolute atomic E-state index is 13.9. The summed E-state index contributed by atoms with van der Waals surface area (Å²) in [7, 11) is 0. The molecule has 1 aromatic carbocycles. The lowest BCUT2D eigenvalue weighted by Gasteiger charge is -2.25. The van der Waals surface area contributed by atoms with Crippen molar-refractivity contribution in [3.8, 4) is 11.3 Å². The Kier molecular flexibility index (Phi) is 4.44. The summed E-state index contributed by atoms with van der Waals surface area (Å²) < 4.78 is 13.9. The Bertz CT molecular complexity index is 774. The van der Waals surface area contributed by atoms with Gasteiger partial charge in [-0.3, -0.25) is 0 Å². The number of aliphatic hydroxyl groups is 1. The van der Waals surface area contributed by atoms with E-state index in [4.69, 9.17) is 10.8 Å². The predicted molar refractivity (Wildman–Crippen MR) is 86.0 cm³/mol. The minimum Gasteiger partial charge on any atom is -0.478 e. The first kappa shape index (κ1) is 16.3. The number of aliphatic hydroxyl groups excluding tert-OH is 1. The molecule has 0 bridgehead atoms. The number of halogens is 1. The van der Waals surface area contributed by atoms with E-state index in [1.165, 1.54) is 12.1 Å². The fraction of sp³-hybridized carbons (Fsp3) is 0.353. The summed E-state index contributed by atoms with van der Waals surface area (Å²) in [5.41, 5.74) is 6.96. The van der Waals surface area contributed by atoms with Gasteiger partial charge in [0.15, 0.2) is 0 Å². The summed E-state index contributed by atoms with van der Waals surface area (Å²) in [5, 5.41) is 18.5. The molecule has 24 heavy (non-hydrogen) atoms. The molecular formula is C17H18FN3O3. The molecule has 6 nitrogen and oxygen atoms in total. The highest BCUT2D eigenvalue weighted by molar-refractivity contribution is 5.88. The van der Waals surface area contributed by atoms with Crippen LogP contribution in [0.15, 0.2) is 24.4 Å². The molecule has 7 heteroatoms. The maximum atomic E-state index is 13.9. The van der Waals surface area contributed by atoms with Gasteiger partial charge in [0.1, 0.15) is 17.3 Å². The van der Waals surface area contributed by atoms with Crippen LogP contribution < -0.4 is 5.73 Å². The van der Waals surface area contributed by atoms with E-state index in [1.54, 1.807) is 6.20 Å². The second-order valence-electron chi connectivity index (χ2n) is 6.03. The lowest BCUT2D eigenvalue weighted by molar-refractivity contribution is 0.0692. The molecule has 0 saturated heterocycles. The van der Waals surface area contributed by atoms with Crippen LogP contribution in [-0.4, -0.2) is 32.3 Å². The van der Waals surface area contributed by atoms with Gasteiger partial charge in [-0.1, -0.05) is 6.07 Å². The lowest BCUT2D eigenvalue weighted by atomic mass is 9.85. The molecule has 126 valence electrons. The average Bonchev–Trinajstić information content (AvgIpc) is 2.55. The van der Waals surface area contributed by atoms with Crippen molar-refractivity contribution in [2.24, 2.45) is 0 Å². The Hall–Kier alpha value is -2.54. The smallest absolute Gasteiger partial charge is 0.338 e. The molecule has 2 aromatic rings. The van der Waals surface area contributed by atoms with Crippen molar-refractivity contribution in [1.29, 1.82) is 0 Å². The zero-order chi connectivity index (χ0) is 17.3. The number of nitrogens with zero attached hydrogens (tertiary/aromatic N) is 2. The number of hydrogen-bond donors (Lipinski definition) is 3. The quantitative estimate of drug-likeness (QED) is 0.797. The average molecular weight is 331 g/mol. The van der Waals surface area contributed by atoms with Crippen molar-refractivity contribution in [3.63, 3.8) is 0 Å². The summed E-state index contributed by atoms with van der Waals surface area (Å²) >= 11 is 0. The molecule has 1 saturated carbocycles. The first-order valence-electron chi connectivity index (χ1n) is 7.79. The highest BCUT2D eigenvalue weighted by Crippen LogP contribution is 2.33. The number of nitrogens with two attached hydrogens (primary N) is 1. The van der Waals surface area contributed by atoms with Crippen LogP contribution in [-0.2, 0) is 0 Å². The van der Waals surface area contributed by atoms with Crippen LogP contribution in [0.1, 0.15) is 47.7 Å². The van der Waals surface area contributed by atoms with Gasteiger partial charge in [-0.2, -0.15) is 0 Å². The fourth-order valence-corrected chi connectivity index (χ4v) is 3.03. The van der Waals surface area contributed by atoms with E-state index in [0.717, 1.165) is 24.6 Å². The summed E-state index contributed by atoms with van der Waals surface area (Å²) in [6, 6.07) is 3.78. The highest BCUT2D eigenvalue weighted by atomic mass is 19.1. The Morgan fingerprint density at radius 1 is 1.25 bits per heavy atom. The topological polar surface area (TPSA) is 109 Å². The molecule has 1 heterocycles. The SMILES string of the molecule is Nc1ncc([C@H]2CC[C@@H](O)CC2)nc1-c1ccc(C(=O)O)c(F)c1. The van der Waals surface area contributed by atoms with Crippen molar-refractivity contribution >= 4 is 11.8 Å². The number of benzene rings is 1. The second-order valence-corrected chi connectivity index (χ2v) is 6.03. The van der Waals surface area contributed by atoms with Crippen LogP contribution in [0.3, 0.4) is 0 Å². The zero-order valence-corrected chi connectivity index (χ0v) is 12.9. The molecular weight excluding hydrogens is 313 g/mol. The number of rotatable bonds is 3. The second kappa shape index (κ2) is 6.52. The van der Waals surface area contributed by atoms with E-state index in [9.17, 15) is 14.3 Å². The number of anilines is 1. The third kappa shape index (κ3) is 3.21. The van der Waals surface area contributed by atoms with Crippen molar-refractivity contribution in [2.75, 3.05) is 5.73 Å². The first-order chi connectivity index (χ1) is 11.5. The summed E-state index contributed by atoms with van der Waals surface area (Å²) in [6.45, 7) is 0. The van der Waals surface area contributed by atoms with Crippen molar-refractivity contribution in [3.05, 3.63) is 41.5 Å². The van der Waals surface area contributed by atoms with Gasteiger partial charge in [0.25, 0.3) is 0 Å². The van der Waals surface area contributed by atoms with Crippen LogP contribution in [0.4, 0.5) is 10.2 Å². The van der Waals surface area contributed by atoms with Gasteiger partial charge in [-0.25, -0.2) is 19.2 Å². The van der Waals surface area contributed by atoms with Gasteiger partial charge in [0.2, 0.25) is 0 Å². The maximum Gasteiger partial charge on any atom is 0.338 e. The predicted octanol–water partition coefficient (Wildman–Crippen LogP) is 2.58. The number of carboxylic acids is 1. The van der Waals surface area contributed by atoms with Crippen LogP contribution in [0.2, 0.25) is 0 Å². The van der Waals surface area contributed by atoms with Crippen LogP contribution >= 0.6 is 0 Å². The molecule has 1 fully saturated rings. The molecule has 0 aliphatic heterocycles. The Balaban J connectivity index is 1.94. The molecule has 0 amide bonds. The van der Waals surface area contributed by atoms with E-state index >= 15 is 0 Å². The molecule has 1 aliphatic rings. The van der Waals surface area contributed by atoms with E-state index in [-0.39, 0.29) is 17.8 Å². The molecule has 4 N–H and O–H groups in total. The molecule has 3 rings (SSSR count). The number of nitrogen functional groups attached to an aromatic ring is 1. The van der Waals surface area contributed by atoms with Gasteiger partial charge in [0.05, 0.1) is 23.6 Å². The Labute approximate surface area is 138 Å². The number of hydrogen-bond acceptors (Lipinski definition) is 5. The Morgan fingerprint density at radius 3 is 2.58 bits per heavy atom. The molecule has 0 unspecified atom stereocenters. The summed E-state index contributed by atoms with van der Waals surface area (Å²) in [6.07, 6.45) is 4.41. The van der Waals surface area contributed by atoms with Crippen molar-refractivity contribution in [2.45, 2.75) is 37.7 Å². The Morgan fingerprint density at radius 2 is 1.96 bits per heavy atom. The summed E-state index contributed by atoms with van der Waals surface area (Å²) in [4.78, 5) is 19.6. The monoisotopic (exact) mass is 331 g/mol. The molecule has 0 radical (unpaired) electrons. The molecule has 1 aromatic heterocycles. The zero-order valence-electron chi connectivity index (χ0n) is 12.9.